The van der Waals surface area contributed by atoms with Gasteiger partial charge < -0.3 is 0 Å². The molecule has 0 aliphatic rings. The number of fused-ring (bicyclic) bond motifs is 1. The Kier molecular flexibility index (Phi) is 1.95. The van der Waals surface area contributed by atoms with Gasteiger partial charge in [-0.25, -0.2) is 4.98 Å². The van der Waals surface area contributed by atoms with Gasteiger partial charge in [0.25, 0.3) is 0 Å². The quantitative estimate of drug-likeness (QED) is 0.512. The molecule has 12 heavy (non-hydrogen) atoms. The summed E-state index contributed by atoms with van der Waals surface area (Å²) in [6.45, 7) is 0. The second-order valence-corrected chi connectivity index (χ2v) is 3.10. The maximum absolute atomic E-state index is 5.91. The Hall–Kier alpha value is -0.730. The molecule has 0 saturated carbocycles. The third-order valence-corrected chi connectivity index (χ3v) is 2.21. The van der Waals surface area contributed by atoms with Crippen molar-refractivity contribution < 1.29 is 0 Å². The van der Waals surface area contributed by atoms with Crippen LogP contribution in [-0.4, -0.2) is 9.38 Å². The van der Waals surface area contributed by atoms with Crippen LogP contribution in [0.25, 0.3) is 5.65 Å². The topological polar surface area (TPSA) is 17.3 Å². The van der Waals surface area contributed by atoms with Crippen LogP contribution in [0.15, 0.2) is 24.4 Å². The van der Waals surface area contributed by atoms with Gasteiger partial charge in [0.2, 0.25) is 0 Å². The average molecular weight is 201 g/mol. The smallest absolute Gasteiger partial charge is 0.138 e. The lowest BCUT2D eigenvalue weighted by Gasteiger charge is -1.93. The van der Waals surface area contributed by atoms with E-state index in [1.54, 1.807) is 4.40 Å². The molecule has 2 heterocycles. The Morgan fingerprint density at radius 1 is 1.42 bits per heavy atom. The number of hydrogen-bond donors (Lipinski definition) is 0. The Morgan fingerprint density at radius 3 is 2.92 bits per heavy atom. The molecule has 2 nitrogen and oxygen atoms in total. The molecule has 2 rings (SSSR count). The van der Waals surface area contributed by atoms with Crippen molar-refractivity contribution in [2.24, 2.45) is 0 Å². The molecule has 0 saturated heterocycles. The molecule has 0 fully saturated rings. The highest BCUT2D eigenvalue weighted by molar-refractivity contribution is 6.29. The largest absolute Gasteiger partial charge is 0.290 e. The van der Waals surface area contributed by atoms with Crippen LogP contribution >= 0.6 is 23.2 Å². The monoisotopic (exact) mass is 200 g/mol. The first-order valence-corrected chi connectivity index (χ1v) is 4.41. The second kappa shape index (κ2) is 2.96. The molecule has 0 amide bonds. The first-order valence-electron chi connectivity index (χ1n) is 3.50. The van der Waals surface area contributed by atoms with Crippen molar-refractivity contribution in [3.05, 3.63) is 35.2 Å². The Morgan fingerprint density at radius 2 is 2.25 bits per heavy atom. The molecule has 0 aromatic carbocycles. The zero-order chi connectivity index (χ0) is 8.55. The van der Waals surface area contributed by atoms with Crippen LogP contribution in [0, 0.1) is 0 Å². The van der Waals surface area contributed by atoms with E-state index in [-0.39, 0.29) is 0 Å². The summed E-state index contributed by atoms with van der Waals surface area (Å²) < 4.78 is 1.80. The van der Waals surface area contributed by atoms with E-state index in [4.69, 9.17) is 23.2 Å². The van der Waals surface area contributed by atoms with Crippen LogP contribution in [0.4, 0.5) is 0 Å². The summed E-state index contributed by atoms with van der Waals surface area (Å²) in [5, 5.41) is 0.649. The molecule has 0 radical (unpaired) electrons. The minimum absolute atomic E-state index is 0.415. The van der Waals surface area contributed by atoms with Crippen LogP contribution in [0.2, 0.25) is 5.15 Å². The lowest BCUT2D eigenvalue weighted by molar-refractivity contribution is 1.18. The summed E-state index contributed by atoms with van der Waals surface area (Å²) in [6.07, 6.45) is 1.84. The van der Waals surface area contributed by atoms with E-state index >= 15 is 0 Å². The molecule has 4 heteroatoms. The van der Waals surface area contributed by atoms with Crippen molar-refractivity contribution in [3.63, 3.8) is 0 Å². The SMILES string of the molecule is ClCc1cn2c(Cl)cccc2n1. The Bertz CT molecular complexity index is 408. The van der Waals surface area contributed by atoms with Gasteiger partial charge in [0.1, 0.15) is 10.8 Å². The molecule has 0 aliphatic carbocycles. The van der Waals surface area contributed by atoms with Gasteiger partial charge in [0.15, 0.2) is 0 Å². The summed E-state index contributed by atoms with van der Waals surface area (Å²) in [5.41, 5.74) is 1.67. The van der Waals surface area contributed by atoms with Crippen LogP contribution in [0.3, 0.4) is 0 Å². The first kappa shape index (κ1) is 7.90. The molecule has 0 unspecified atom stereocenters. The summed E-state index contributed by atoms with van der Waals surface area (Å²) in [7, 11) is 0. The normalized spacial score (nSPS) is 10.8. The highest BCUT2D eigenvalue weighted by Crippen LogP contribution is 2.13. The van der Waals surface area contributed by atoms with Crippen LogP contribution in [0.5, 0.6) is 0 Å². The van der Waals surface area contributed by atoms with Crippen LogP contribution in [0.1, 0.15) is 5.69 Å². The van der Waals surface area contributed by atoms with Gasteiger partial charge in [-0.1, -0.05) is 17.7 Å². The number of aromatic nitrogens is 2. The zero-order valence-corrected chi connectivity index (χ0v) is 7.68. The Labute approximate surface area is 79.7 Å². The molecule has 0 aliphatic heterocycles. The van der Waals surface area contributed by atoms with Crippen molar-refractivity contribution in [2.75, 3.05) is 0 Å². The number of alkyl halides is 1. The minimum Gasteiger partial charge on any atom is -0.290 e. The predicted molar refractivity (Wildman–Crippen MR) is 49.8 cm³/mol. The molecule has 0 N–H and O–H groups in total. The van der Waals surface area contributed by atoms with E-state index in [1.807, 2.05) is 24.4 Å². The minimum atomic E-state index is 0.415. The number of halogens is 2. The van der Waals surface area contributed by atoms with Crippen molar-refractivity contribution in [2.45, 2.75) is 5.88 Å². The van der Waals surface area contributed by atoms with Crippen molar-refractivity contribution in [3.8, 4) is 0 Å². The van der Waals surface area contributed by atoms with Gasteiger partial charge in [0.05, 0.1) is 11.6 Å². The molecule has 2 aromatic heterocycles. The van der Waals surface area contributed by atoms with Gasteiger partial charge in [-0.2, -0.15) is 0 Å². The maximum atomic E-state index is 5.91. The fraction of sp³-hybridized carbons (Fsp3) is 0.125. The van der Waals surface area contributed by atoms with E-state index in [1.165, 1.54) is 0 Å². The number of imidazole rings is 1. The van der Waals surface area contributed by atoms with Crippen LogP contribution in [-0.2, 0) is 5.88 Å². The van der Waals surface area contributed by atoms with Crippen molar-refractivity contribution in [1.29, 1.82) is 0 Å². The zero-order valence-electron chi connectivity index (χ0n) is 6.17. The van der Waals surface area contributed by atoms with E-state index in [9.17, 15) is 0 Å². The number of rotatable bonds is 1. The van der Waals surface area contributed by atoms with Gasteiger partial charge in [-0.05, 0) is 12.1 Å². The molecule has 62 valence electrons. The summed E-state index contributed by atoms with van der Waals surface area (Å²) >= 11 is 11.5. The predicted octanol–water partition coefficient (Wildman–Crippen LogP) is 2.73. The summed E-state index contributed by atoms with van der Waals surface area (Å²) in [4.78, 5) is 4.24. The molecular formula is C8H6Cl2N2. The molecule has 2 aromatic rings. The number of hydrogen-bond acceptors (Lipinski definition) is 1. The maximum Gasteiger partial charge on any atom is 0.138 e. The fourth-order valence-corrected chi connectivity index (χ4v) is 1.43. The third kappa shape index (κ3) is 1.17. The van der Waals surface area contributed by atoms with Gasteiger partial charge >= 0.3 is 0 Å². The van der Waals surface area contributed by atoms with E-state index in [0.717, 1.165) is 11.3 Å². The van der Waals surface area contributed by atoms with Gasteiger partial charge in [-0.3, -0.25) is 4.40 Å². The first-order chi connectivity index (χ1) is 5.81. The van der Waals surface area contributed by atoms with E-state index in [0.29, 0.717) is 11.0 Å². The summed E-state index contributed by atoms with van der Waals surface area (Å²) in [5.74, 6) is 0.415. The molecular weight excluding hydrogens is 195 g/mol. The molecule has 0 bridgehead atoms. The lowest BCUT2D eigenvalue weighted by Crippen LogP contribution is -1.82. The Balaban J connectivity index is 2.74. The highest BCUT2D eigenvalue weighted by atomic mass is 35.5. The second-order valence-electron chi connectivity index (χ2n) is 2.44. The summed E-state index contributed by atoms with van der Waals surface area (Å²) in [6, 6.07) is 5.57. The fourth-order valence-electron chi connectivity index (χ4n) is 1.09. The third-order valence-electron chi connectivity index (χ3n) is 1.63. The van der Waals surface area contributed by atoms with E-state index in [2.05, 4.69) is 4.98 Å². The number of nitrogens with zero attached hydrogens (tertiary/aromatic N) is 2. The standard InChI is InChI=1S/C8H6Cl2N2/c9-4-6-5-12-7(10)2-1-3-8(12)11-6/h1-3,5H,4H2. The average Bonchev–Trinajstić information content (AvgIpc) is 2.49. The van der Waals surface area contributed by atoms with Gasteiger partial charge in [-0.15, -0.1) is 11.6 Å². The highest BCUT2D eigenvalue weighted by Gasteiger charge is 2.01. The van der Waals surface area contributed by atoms with Crippen LogP contribution < -0.4 is 0 Å². The van der Waals surface area contributed by atoms with Crippen molar-refractivity contribution in [1.82, 2.24) is 9.38 Å². The molecule has 0 atom stereocenters. The van der Waals surface area contributed by atoms with E-state index < -0.39 is 0 Å². The molecule has 0 spiro atoms. The lowest BCUT2D eigenvalue weighted by atomic mass is 10.5. The van der Waals surface area contributed by atoms with Gasteiger partial charge in [0, 0.05) is 6.20 Å². The van der Waals surface area contributed by atoms with Crippen molar-refractivity contribution >= 4 is 28.8 Å². The number of pyridine rings is 1.